The number of carbonyl (C=O) groups excluding carboxylic acids is 1. The van der Waals surface area contributed by atoms with Crippen molar-refractivity contribution in [3.8, 4) is 0 Å². The van der Waals surface area contributed by atoms with E-state index in [2.05, 4.69) is 26.6 Å². The molecule has 1 saturated heterocycles. The molecule has 2 rings (SSSR count). The van der Waals surface area contributed by atoms with Crippen molar-refractivity contribution in [2.24, 2.45) is 5.92 Å². The molecule has 1 aromatic carbocycles. The second-order valence-electron chi connectivity index (χ2n) is 4.53. The van der Waals surface area contributed by atoms with Gasteiger partial charge in [-0.25, -0.2) is 0 Å². The summed E-state index contributed by atoms with van der Waals surface area (Å²) in [5.41, 5.74) is 0.524. The largest absolute Gasteiger partial charge is 0.352 e. The lowest BCUT2D eigenvalue weighted by atomic mass is 10.1. The van der Waals surface area contributed by atoms with Crippen LogP contribution in [0, 0.1) is 5.92 Å². The lowest BCUT2D eigenvalue weighted by Gasteiger charge is -2.10. The molecule has 0 spiro atoms. The van der Waals surface area contributed by atoms with Gasteiger partial charge in [-0.2, -0.15) is 0 Å². The van der Waals surface area contributed by atoms with Gasteiger partial charge in [0, 0.05) is 11.0 Å². The first kappa shape index (κ1) is 16.8. The molecule has 1 atom stereocenters. The van der Waals surface area contributed by atoms with Gasteiger partial charge in [-0.05, 0) is 50.0 Å². The Labute approximate surface area is 133 Å². The summed E-state index contributed by atoms with van der Waals surface area (Å²) in [6.07, 6.45) is 2.22. The highest BCUT2D eigenvalue weighted by molar-refractivity contribution is 9.10. The maximum Gasteiger partial charge on any atom is 0.252 e. The van der Waals surface area contributed by atoms with Crippen LogP contribution < -0.4 is 10.6 Å². The van der Waals surface area contributed by atoms with Crippen LogP contribution in [0.15, 0.2) is 22.7 Å². The highest BCUT2D eigenvalue weighted by Crippen LogP contribution is 2.21. The van der Waals surface area contributed by atoms with Crippen LogP contribution in [0.5, 0.6) is 0 Å². The van der Waals surface area contributed by atoms with Crippen LogP contribution in [0.2, 0.25) is 5.02 Å². The third-order valence-corrected chi connectivity index (χ3v) is 4.00. The molecule has 1 amide bonds. The number of nitrogens with one attached hydrogen (secondary N) is 2. The molecule has 1 heterocycles. The Hall–Kier alpha value is -0.290. The first-order valence-electron chi connectivity index (χ1n) is 6.11. The first-order valence-corrected chi connectivity index (χ1v) is 7.28. The van der Waals surface area contributed by atoms with Crippen LogP contribution in [0.3, 0.4) is 0 Å². The first-order chi connectivity index (χ1) is 8.66. The molecule has 3 nitrogen and oxygen atoms in total. The standard InChI is InChI=1S/C13H16BrClN2O.ClH/c14-10-1-2-12(15)11(7-10)13(18)17-6-4-9-3-5-16-8-9;/h1-2,7,9,16H,3-6,8H2,(H,17,18);1H. The van der Waals surface area contributed by atoms with Crippen LogP contribution in [-0.2, 0) is 0 Å². The lowest BCUT2D eigenvalue weighted by molar-refractivity contribution is 0.0952. The lowest BCUT2D eigenvalue weighted by Crippen LogP contribution is -2.26. The molecule has 0 aromatic heterocycles. The fraction of sp³-hybridized carbons (Fsp3) is 0.462. The summed E-state index contributed by atoms with van der Waals surface area (Å²) in [5, 5.41) is 6.73. The summed E-state index contributed by atoms with van der Waals surface area (Å²) in [6.45, 7) is 2.86. The van der Waals surface area contributed by atoms with Gasteiger partial charge >= 0.3 is 0 Å². The van der Waals surface area contributed by atoms with Crippen molar-refractivity contribution in [2.75, 3.05) is 19.6 Å². The van der Waals surface area contributed by atoms with E-state index >= 15 is 0 Å². The molecular formula is C13H17BrCl2N2O. The molecule has 1 aliphatic heterocycles. The van der Waals surface area contributed by atoms with E-state index in [1.165, 1.54) is 6.42 Å². The Morgan fingerprint density at radius 2 is 2.32 bits per heavy atom. The monoisotopic (exact) mass is 366 g/mol. The quantitative estimate of drug-likeness (QED) is 0.857. The average Bonchev–Trinajstić information content (AvgIpc) is 2.85. The summed E-state index contributed by atoms with van der Waals surface area (Å²) in [7, 11) is 0. The summed E-state index contributed by atoms with van der Waals surface area (Å²) in [4.78, 5) is 12.0. The van der Waals surface area contributed by atoms with E-state index in [1.54, 1.807) is 12.1 Å². The van der Waals surface area contributed by atoms with Crippen molar-refractivity contribution in [3.63, 3.8) is 0 Å². The third-order valence-electron chi connectivity index (χ3n) is 3.17. The Bertz CT molecular complexity index is 437. The minimum Gasteiger partial charge on any atom is -0.352 e. The van der Waals surface area contributed by atoms with Gasteiger partial charge in [0.15, 0.2) is 0 Å². The number of carbonyl (C=O) groups is 1. The van der Waals surface area contributed by atoms with E-state index in [0.717, 1.165) is 24.0 Å². The van der Waals surface area contributed by atoms with Gasteiger partial charge in [-0.1, -0.05) is 27.5 Å². The van der Waals surface area contributed by atoms with E-state index < -0.39 is 0 Å². The summed E-state index contributed by atoms with van der Waals surface area (Å²) in [6, 6.07) is 5.29. The van der Waals surface area contributed by atoms with Gasteiger partial charge in [0.25, 0.3) is 5.91 Å². The summed E-state index contributed by atoms with van der Waals surface area (Å²) < 4.78 is 0.858. The minimum atomic E-state index is -0.104. The average molecular weight is 368 g/mol. The zero-order valence-corrected chi connectivity index (χ0v) is 13.6. The second-order valence-corrected chi connectivity index (χ2v) is 5.85. The highest BCUT2D eigenvalue weighted by atomic mass is 79.9. The van der Waals surface area contributed by atoms with Crippen LogP contribution in [-0.4, -0.2) is 25.5 Å². The molecular weight excluding hydrogens is 351 g/mol. The highest BCUT2D eigenvalue weighted by Gasteiger charge is 2.15. The molecule has 1 aromatic rings. The van der Waals surface area contributed by atoms with Gasteiger partial charge in [-0.15, -0.1) is 12.4 Å². The van der Waals surface area contributed by atoms with Crippen molar-refractivity contribution < 1.29 is 4.79 Å². The van der Waals surface area contributed by atoms with Crippen molar-refractivity contribution in [3.05, 3.63) is 33.3 Å². The molecule has 2 N–H and O–H groups in total. The number of hydrogen-bond acceptors (Lipinski definition) is 2. The van der Waals surface area contributed by atoms with Gasteiger partial charge in [-0.3, -0.25) is 4.79 Å². The topological polar surface area (TPSA) is 41.1 Å². The van der Waals surface area contributed by atoms with E-state index in [0.29, 0.717) is 23.0 Å². The van der Waals surface area contributed by atoms with E-state index in [1.807, 2.05) is 6.07 Å². The van der Waals surface area contributed by atoms with Gasteiger partial charge in [0.1, 0.15) is 0 Å². The molecule has 0 bridgehead atoms. The maximum atomic E-state index is 12.0. The molecule has 1 aliphatic rings. The Morgan fingerprint density at radius 3 is 3.00 bits per heavy atom. The zero-order valence-electron chi connectivity index (χ0n) is 10.4. The van der Waals surface area contributed by atoms with Gasteiger partial charge in [0.05, 0.1) is 10.6 Å². The molecule has 6 heteroatoms. The Balaban J connectivity index is 0.00000180. The van der Waals surface area contributed by atoms with Crippen molar-refractivity contribution in [1.29, 1.82) is 0 Å². The molecule has 106 valence electrons. The molecule has 1 fully saturated rings. The minimum absolute atomic E-state index is 0. The van der Waals surface area contributed by atoms with Crippen LogP contribution in [0.1, 0.15) is 23.2 Å². The predicted octanol–water partition coefficient (Wildman–Crippen LogP) is 3.25. The molecule has 0 radical (unpaired) electrons. The van der Waals surface area contributed by atoms with Crippen molar-refractivity contribution in [2.45, 2.75) is 12.8 Å². The molecule has 0 saturated carbocycles. The van der Waals surface area contributed by atoms with E-state index in [9.17, 15) is 4.79 Å². The SMILES string of the molecule is Cl.O=C(NCCC1CCNC1)c1cc(Br)ccc1Cl. The second kappa shape index (κ2) is 8.10. The van der Waals surface area contributed by atoms with Crippen molar-refractivity contribution >= 4 is 45.8 Å². The molecule has 1 unspecified atom stereocenters. The van der Waals surface area contributed by atoms with E-state index in [-0.39, 0.29) is 18.3 Å². The Kier molecular flexibility index (Phi) is 7.15. The number of benzene rings is 1. The maximum absolute atomic E-state index is 12.0. The normalized spacial score (nSPS) is 17.9. The smallest absolute Gasteiger partial charge is 0.252 e. The predicted molar refractivity (Wildman–Crippen MR) is 84.3 cm³/mol. The van der Waals surface area contributed by atoms with Gasteiger partial charge < -0.3 is 10.6 Å². The van der Waals surface area contributed by atoms with Crippen LogP contribution in [0.4, 0.5) is 0 Å². The van der Waals surface area contributed by atoms with Crippen LogP contribution >= 0.6 is 39.9 Å². The van der Waals surface area contributed by atoms with E-state index in [4.69, 9.17) is 11.6 Å². The number of hydrogen-bond donors (Lipinski definition) is 2. The number of amides is 1. The summed E-state index contributed by atoms with van der Waals surface area (Å²) >= 11 is 9.35. The fourth-order valence-electron chi connectivity index (χ4n) is 2.12. The van der Waals surface area contributed by atoms with Gasteiger partial charge in [0.2, 0.25) is 0 Å². The number of halogens is 3. The Morgan fingerprint density at radius 1 is 1.53 bits per heavy atom. The molecule has 19 heavy (non-hydrogen) atoms. The van der Waals surface area contributed by atoms with Crippen molar-refractivity contribution in [1.82, 2.24) is 10.6 Å². The zero-order chi connectivity index (χ0) is 13.0. The van der Waals surface area contributed by atoms with Crippen LogP contribution in [0.25, 0.3) is 0 Å². The third kappa shape index (κ3) is 4.95. The molecule has 0 aliphatic carbocycles. The summed E-state index contributed by atoms with van der Waals surface area (Å²) in [5.74, 6) is 0.579. The number of rotatable bonds is 4. The fourth-order valence-corrected chi connectivity index (χ4v) is 2.68.